The topological polar surface area (TPSA) is 145 Å². The van der Waals surface area contributed by atoms with E-state index in [-0.39, 0.29) is 37.9 Å². The molecule has 0 bridgehead atoms. The summed E-state index contributed by atoms with van der Waals surface area (Å²) in [5.41, 5.74) is -0.860. The van der Waals surface area contributed by atoms with Gasteiger partial charge in [-0.3, -0.25) is 4.79 Å². The lowest BCUT2D eigenvalue weighted by molar-refractivity contribution is -0.137. The van der Waals surface area contributed by atoms with Crippen LogP contribution in [0.4, 0.5) is 24.9 Å². The fourth-order valence-corrected chi connectivity index (χ4v) is 5.29. The molecule has 2 N–H and O–H groups in total. The second-order valence-electron chi connectivity index (χ2n) is 7.71. The smallest absolute Gasteiger partial charge is 0.416 e. The van der Waals surface area contributed by atoms with E-state index >= 15 is 0 Å². The van der Waals surface area contributed by atoms with E-state index in [0.717, 1.165) is 31.3 Å². The predicted octanol–water partition coefficient (Wildman–Crippen LogP) is 1.14. The molecule has 0 saturated carbocycles. The summed E-state index contributed by atoms with van der Waals surface area (Å²) in [6, 6.07) is 2.69. The molecule has 0 unspecified atom stereocenters. The van der Waals surface area contributed by atoms with E-state index in [0.29, 0.717) is 5.56 Å². The summed E-state index contributed by atoms with van der Waals surface area (Å²) in [4.78, 5) is 16.2. The van der Waals surface area contributed by atoms with Crippen LogP contribution in [-0.2, 0) is 26.6 Å². The van der Waals surface area contributed by atoms with Crippen LogP contribution in [0.3, 0.4) is 0 Å². The highest BCUT2D eigenvalue weighted by Gasteiger charge is 2.34. The van der Waals surface area contributed by atoms with Gasteiger partial charge in [0.25, 0.3) is 22.1 Å². The van der Waals surface area contributed by atoms with Crippen LogP contribution in [-0.4, -0.2) is 80.9 Å². The summed E-state index contributed by atoms with van der Waals surface area (Å²) < 4.78 is 98.2. The van der Waals surface area contributed by atoms with Gasteiger partial charge in [-0.1, -0.05) is 6.07 Å². The molecule has 2 aromatic rings. The lowest BCUT2D eigenvalue weighted by Crippen LogP contribution is -2.55. The largest absolute Gasteiger partial charge is 0.431 e. The molecule has 1 saturated heterocycles. The van der Waals surface area contributed by atoms with Gasteiger partial charge in [-0.25, -0.2) is 4.72 Å². The Kier molecular flexibility index (Phi) is 7.47. The molecule has 17 heteroatoms. The Morgan fingerprint density at radius 2 is 1.69 bits per heavy atom. The zero-order valence-corrected chi connectivity index (χ0v) is 20.5. The number of hydrogen-bond donors (Lipinski definition) is 2. The van der Waals surface area contributed by atoms with Crippen molar-refractivity contribution < 1.29 is 39.2 Å². The van der Waals surface area contributed by atoms with E-state index < -0.39 is 43.8 Å². The summed E-state index contributed by atoms with van der Waals surface area (Å²) in [5.74, 6) is -1.13. The second-order valence-corrected chi connectivity index (χ2v) is 11.5. The van der Waals surface area contributed by atoms with Gasteiger partial charge in [0.15, 0.2) is 5.69 Å². The first kappa shape index (κ1) is 26.9. The molecule has 1 aliphatic rings. The molecule has 194 valence electrons. The fourth-order valence-electron chi connectivity index (χ4n) is 3.09. The predicted molar refractivity (Wildman–Crippen MR) is 118 cm³/mol. The molecule has 0 atom stereocenters. The third-order valence-electron chi connectivity index (χ3n) is 5.09. The number of rotatable bonds is 7. The van der Waals surface area contributed by atoms with E-state index in [2.05, 4.69) is 10.3 Å². The van der Waals surface area contributed by atoms with Crippen molar-refractivity contribution in [3.8, 4) is 0 Å². The average Bonchev–Trinajstić information content (AvgIpc) is 3.23. The normalized spacial score (nSPS) is 16.4. The van der Waals surface area contributed by atoms with Gasteiger partial charge in [-0.05, 0) is 24.6 Å². The zero-order valence-electron chi connectivity index (χ0n) is 18.8. The van der Waals surface area contributed by atoms with Gasteiger partial charge in [0.2, 0.25) is 0 Å². The van der Waals surface area contributed by atoms with Gasteiger partial charge in [0.1, 0.15) is 6.26 Å². The molecular formula is C18H23F3N6O6S2. The third-order valence-corrected chi connectivity index (χ3v) is 8.52. The molecule has 2 heterocycles. The monoisotopic (exact) mass is 540 g/mol. The molecule has 3 rings (SSSR count). The SMILES string of the molecule is Cc1ccc(C(F)(F)F)cc1Nc1nc(C(=O)NS(=O)(=O)N2CCN(S(=O)(=O)N(C)C)CC2)co1. The molecule has 1 aromatic heterocycles. The number of halogens is 3. The van der Waals surface area contributed by atoms with Gasteiger partial charge < -0.3 is 9.73 Å². The number of carbonyl (C=O) groups is 1. The highest BCUT2D eigenvalue weighted by molar-refractivity contribution is 7.87. The maximum atomic E-state index is 13.0. The Balaban J connectivity index is 1.65. The van der Waals surface area contributed by atoms with Gasteiger partial charge >= 0.3 is 16.4 Å². The minimum atomic E-state index is -4.57. The number of aromatic nitrogens is 1. The van der Waals surface area contributed by atoms with Crippen LogP contribution in [0.25, 0.3) is 0 Å². The van der Waals surface area contributed by atoms with Gasteiger partial charge in [0, 0.05) is 46.0 Å². The molecule has 1 aromatic carbocycles. The Hall–Kier alpha value is -2.73. The summed E-state index contributed by atoms with van der Waals surface area (Å²) in [6.07, 6.45) is -3.72. The highest BCUT2D eigenvalue weighted by Crippen LogP contribution is 2.33. The van der Waals surface area contributed by atoms with Crippen molar-refractivity contribution in [3.05, 3.63) is 41.3 Å². The molecule has 1 amide bonds. The summed E-state index contributed by atoms with van der Waals surface area (Å²) in [7, 11) is -5.32. The highest BCUT2D eigenvalue weighted by atomic mass is 32.2. The molecule has 0 aliphatic carbocycles. The van der Waals surface area contributed by atoms with E-state index in [1.165, 1.54) is 20.2 Å². The molecule has 1 aliphatic heterocycles. The first-order chi connectivity index (χ1) is 16.1. The number of benzene rings is 1. The lowest BCUT2D eigenvalue weighted by Gasteiger charge is -2.34. The summed E-state index contributed by atoms with van der Waals surface area (Å²) >= 11 is 0. The minimum absolute atomic E-state index is 0.0341. The van der Waals surface area contributed by atoms with Crippen LogP contribution in [0.2, 0.25) is 0 Å². The third kappa shape index (κ3) is 6.10. The lowest BCUT2D eigenvalue weighted by atomic mass is 10.1. The number of alkyl halides is 3. The van der Waals surface area contributed by atoms with Crippen LogP contribution in [0.5, 0.6) is 0 Å². The maximum absolute atomic E-state index is 13.0. The standard InChI is InChI=1S/C18H23F3N6O6S2/c1-12-4-5-13(18(19,20)21)10-14(12)22-17-23-15(11-33-17)16(28)24-34(29,30)26-6-8-27(9-7-26)35(31,32)25(2)3/h4-5,10-11H,6-9H2,1-3H3,(H,22,23)(H,24,28). The van der Waals surface area contributed by atoms with Crippen LogP contribution in [0, 0.1) is 6.92 Å². The number of nitrogens with zero attached hydrogens (tertiary/aromatic N) is 4. The molecule has 35 heavy (non-hydrogen) atoms. The number of hydrogen-bond acceptors (Lipinski definition) is 8. The van der Waals surface area contributed by atoms with Crippen LogP contribution < -0.4 is 10.0 Å². The molecule has 1 fully saturated rings. The molecule has 0 spiro atoms. The van der Waals surface area contributed by atoms with Gasteiger partial charge in [-0.15, -0.1) is 0 Å². The Bertz CT molecular complexity index is 1300. The van der Waals surface area contributed by atoms with Crippen molar-refractivity contribution >= 4 is 38.0 Å². The number of anilines is 2. The van der Waals surface area contributed by atoms with Crippen molar-refractivity contribution in [3.63, 3.8) is 0 Å². The quantitative estimate of drug-likeness (QED) is 0.532. The maximum Gasteiger partial charge on any atom is 0.416 e. The van der Waals surface area contributed by atoms with Crippen molar-refractivity contribution in [2.75, 3.05) is 45.6 Å². The first-order valence-electron chi connectivity index (χ1n) is 10.0. The summed E-state index contributed by atoms with van der Waals surface area (Å²) in [6.45, 7) is 0.968. The number of aryl methyl sites for hydroxylation is 1. The second kappa shape index (κ2) is 9.73. The van der Waals surface area contributed by atoms with Crippen molar-refractivity contribution in [2.24, 2.45) is 0 Å². The van der Waals surface area contributed by atoms with E-state index in [4.69, 9.17) is 4.42 Å². The van der Waals surface area contributed by atoms with E-state index in [1.807, 2.05) is 4.72 Å². The number of nitrogens with one attached hydrogen (secondary N) is 2. The van der Waals surface area contributed by atoms with Crippen LogP contribution in [0.1, 0.15) is 21.6 Å². The Morgan fingerprint density at radius 1 is 1.09 bits per heavy atom. The van der Waals surface area contributed by atoms with Crippen LogP contribution in [0.15, 0.2) is 28.9 Å². The Morgan fingerprint density at radius 3 is 2.26 bits per heavy atom. The zero-order chi connectivity index (χ0) is 26.2. The molecule has 12 nitrogen and oxygen atoms in total. The first-order valence-corrected chi connectivity index (χ1v) is 12.8. The number of oxazole rings is 1. The average molecular weight is 541 g/mol. The minimum Gasteiger partial charge on any atom is -0.431 e. The molecular weight excluding hydrogens is 517 g/mol. The van der Waals surface area contributed by atoms with Crippen LogP contribution >= 0.6 is 0 Å². The number of piperazine rings is 1. The fraction of sp³-hybridized carbons (Fsp3) is 0.444. The van der Waals surface area contributed by atoms with Crippen molar-refractivity contribution in [1.29, 1.82) is 0 Å². The van der Waals surface area contributed by atoms with E-state index in [1.54, 1.807) is 6.92 Å². The summed E-state index contributed by atoms with van der Waals surface area (Å²) in [5, 5.41) is 2.53. The van der Waals surface area contributed by atoms with E-state index in [9.17, 15) is 34.8 Å². The van der Waals surface area contributed by atoms with Crippen molar-refractivity contribution in [1.82, 2.24) is 22.6 Å². The number of amides is 1. The molecule has 0 radical (unpaired) electrons. The van der Waals surface area contributed by atoms with Gasteiger partial charge in [-0.2, -0.15) is 47.9 Å². The van der Waals surface area contributed by atoms with Crippen molar-refractivity contribution in [2.45, 2.75) is 13.1 Å². The number of carbonyl (C=O) groups excluding carboxylic acids is 1. The van der Waals surface area contributed by atoms with Gasteiger partial charge in [0.05, 0.1) is 5.56 Å². The Labute approximate surface area is 200 Å².